The van der Waals surface area contributed by atoms with Crippen LogP contribution in [0, 0.1) is 10.1 Å². The molecule has 0 aromatic heterocycles. The van der Waals surface area contributed by atoms with Gasteiger partial charge in [-0.3, -0.25) is 15.5 Å². The van der Waals surface area contributed by atoms with Crippen LogP contribution in [0.3, 0.4) is 0 Å². The number of anilines is 1. The molecule has 2 N–H and O–H groups in total. The van der Waals surface area contributed by atoms with Gasteiger partial charge in [-0.25, -0.2) is 0 Å². The van der Waals surface area contributed by atoms with E-state index < -0.39 is 16.4 Å². The summed E-state index contributed by atoms with van der Waals surface area (Å²) in [5, 5.41) is 24.6. The highest BCUT2D eigenvalue weighted by molar-refractivity contribution is 9.10. The van der Waals surface area contributed by atoms with Gasteiger partial charge in [-0.2, -0.15) is 5.10 Å². The Morgan fingerprint density at radius 2 is 2.05 bits per heavy atom. The molecule has 22 heavy (non-hydrogen) atoms. The van der Waals surface area contributed by atoms with Gasteiger partial charge in [0.1, 0.15) is 0 Å². The molecule has 114 valence electrons. The molecule has 7 nitrogen and oxygen atoms in total. The van der Waals surface area contributed by atoms with E-state index in [4.69, 9.17) is 4.74 Å². The van der Waals surface area contributed by atoms with E-state index in [1.807, 2.05) is 24.3 Å². The minimum absolute atomic E-state index is 0.0132. The van der Waals surface area contributed by atoms with Crippen LogP contribution < -0.4 is 10.2 Å². The first-order chi connectivity index (χ1) is 10.5. The number of phenolic OH excluding ortho intramolecular Hbond substituents is 1. The average molecular weight is 366 g/mol. The van der Waals surface area contributed by atoms with Crippen LogP contribution in [0.25, 0.3) is 0 Å². The zero-order chi connectivity index (χ0) is 16.1. The van der Waals surface area contributed by atoms with Gasteiger partial charge in [-0.05, 0) is 30.3 Å². The lowest BCUT2D eigenvalue weighted by atomic mass is 10.2. The third-order valence-electron chi connectivity index (χ3n) is 2.75. The SMILES string of the molecule is COc1cc(/C=N/Nc2ccc(Br)cc2)cc([N+](=O)[O-])c1O. The fourth-order valence-corrected chi connectivity index (χ4v) is 1.95. The Bertz CT molecular complexity index is 717. The number of nitrogens with zero attached hydrogens (tertiary/aromatic N) is 2. The van der Waals surface area contributed by atoms with E-state index in [1.165, 1.54) is 25.5 Å². The van der Waals surface area contributed by atoms with Gasteiger partial charge in [0, 0.05) is 16.1 Å². The third kappa shape index (κ3) is 3.73. The van der Waals surface area contributed by atoms with Gasteiger partial charge in [-0.1, -0.05) is 15.9 Å². The summed E-state index contributed by atoms with van der Waals surface area (Å²) in [5.41, 5.74) is 3.54. The van der Waals surface area contributed by atoms with Gasteiger partial charge in [0.2, 0.25) is 5.75 Å². The van der Waals surface area contributed by atoms with Gasteiger partial charge >= 0.3 is 5.69 Å². The van der Waals surface area contributed by atoms with Crippen molar-refractivity contribution in [1.29, 1.82) is 0 Å². The summed E-state index contributed by atoms with van der Waals surface area (Å²) in [4.78, 5) is 10.2. The third-order valence-corrected chi connectivity index (χ3v) is 3.27. The second-order valence-electron chi connectivity index (χ2n) is 4.22. The molecular formula is C14H12BrN3O4. The summed E-state index contributed by atoms with van der Waals surface area (Å²) < 4.78 is 5.86. The van der Waals surface area contributed by atoms with E-state index in [1.54, 1.807) is 0 Å². The number of hydrogen-bond acceptors (Lipinski definition) is 6. The smallest absolute Gasteiger partial charge is 0.315 e. The largest absolute Gasteiger partial charge is 0.500 e. The molecule has 0 heterocycles. The Hall–Kier alpha value is -2.61. The first kappa shape index (κ1) is 15.8. The molecule has 2 rings (SSSR count). The predicted octanol–water partition coefficient (Wildman–Crippen LogP) is 3.52. The lowest BCUT2D eigenvalue weighted by molar-refractivity contribution is -0.386. The van der Waals surface area contributed by atoms with Crippen LogP contribution >= 0.6 is 15.9 Å². The van der Waals surface area contributed by atoms with E-state index in [0.717, 1.165) is 10.2 Å². The zero-order valence-corrected chi connectivity index (χ0v) is 13.1. The Morgan fingerprint density at radius 3 is 2.64 bits per heavy atom. The van der Waals surface area contributed by atoms with E-state index in [-0.39, 0.29) is 5.75 Å². The molecule has 0 aliphatic heterocycles. The molecule has 8 heteroatoms. The van der Waals surface area contributed by atoms with Crippen LogP contribution in [-0.4, -0.2) is 23.4 Å². The first-order valence-electron chi connectivity index (χ1n) is 6.11. The number of aromatic hydroxyl groups is 1. The fraction of sp³-hybridized carbons (Fsp3) is 0.0714. The van der Waals surface area contributed by atoms with Crippen LogP contribution in [0.15, 0.2) is 46.0 Å². The van der Waals surface area contributed by atoms with Crippen molar-refractivity contribution in [2.45, 2.75) is 0 Å². The van der Waals surface area contributed by atoms with Gasteiger partial charge in [-0.15, -0.1) is 0 Å². The number of phenols is 1. The summed E-state index contributed by atoms with van der Waals surface area (Å²) in [7, 11) is 1.32. The van der Waals surface area contributed by atoms with Crippen molar-refractivity contribution in [1.82, 2.24) is 0 Å². The van der Waals surface area contributed by atoms with E-state index in [2.05, 4.69) is 26.5 Å². The molecule has 0 aliphatic carbocycles. The molecule has 0 aliphatic rings. The Morgan fingerprint density at radius 1 is 1.36 bits per heavy atom. The number of nitro benzene ring substituents is 1. The van der Waals surface area contributed by atoms with Crippen LogP contribution in [0.4, 0.5) is 11.4 Å². The summed E-state index contributed by atoms with van der Waals surface area (Å²) >= 11 is 3.33. The van der Waals surface area contributed by atoms with Crippen LogP contribution in [0.1, 0.15) is 5.56 Å². The van der Waals surface area contributed by atoms with Gasteiger partial charge < -0.3 is 9.84 Å². The standard InChI is InChI=1S/C14H12BrN3O4/c1-22-13-7-9(6-12(14(13)19)18(20)21)8-16-17-11-4-2-10(15)3-5-11/h2-8,17,19H,1H3/b16-8+. The monoisotopic (exact) mass is 365 g/mol. The maximum absolute atomic E-state index is 10.9. The maximum atomic E-state index is 10.9. The quantitative estimate of drug-likeness (QED) is 0.480. The van der Waals surface area contributed by atoms with Gasteiger partial charge in [0.15, 0.2) is 5.75 Å². The highest BCUT2D eigenvalue weighted by Crippen LogP contribution is 2.36. The first-order valence-corrected chi connectivity index (χ1v) is 6.90. The zero-order valence-electron chi connectivity index (χ0n) is 11.5. The molecule has 0 spiro atoms. The maximum Gasteiger partial charge on any atom is 0.315 e. The summed E-state index contributed by atoms with van der Waals surface area (Å²) in [5.74, 6) is -0.496. The number of nitrogens with one attached hydrogen (secondary N) is 1. The van der Waals surface area contributed by atoms with E-state index >= 15 is 0 Å². The Labute approximate surface area is 134 Å². The van der Waals surface area contributed by atoms with Crippen molar-refractivity contribution in [3.05, 3.63) is 56.5 Å². The van der Waals surface area contributed by atoms with E-state index in [9.17, 15) is 15.2 Å². The normalized spacial score (nSPS) is 10.6. The van der Waals surface area contributed by atoms with Crippen molar-refractivity contribution in [2.24, 2.45) is 5.10 Å². The molecule has 2 aromatic rings. The minimum Gasteiger partial charge on any atom is -0.500 e. The number of rotatable bonds is 5. The number of hydrazone groups is 1. The molecule has 0 atom stereocenters. The van der Waals surface area contributed by atoms with Crippen molar-refractivity contribution >= 4 is 33.5 Å². The van der Waals surface area contributed by atoms with Crippen molar-refractivity contribution in [3.8, 4) is 11.5 Å². The van der Waals surface area contributed by atoms with Crippen LogP contribution in [0.2, 0.25) is 0 Å². The highest BCUT2D eigenvalue weighted by atomic mass is 79.9. The van der Waals surface area contributed by atoms with Crippen LogP contribution in [-0.2, 0) is 0 Å². The van der Waals surface area contributed by atoms with Crippen LogP contribution in [0.5, 0.6) is 11.5 Å². The lowest BCUT2D eigenvalue weighted by Gasteiger charge is -2.05. The Balaban J connectivity index is 2.21. The summed E-state index contributed by atoms with van der Waals surface area (Å²) in [6.07, 6.45) is 1.40. The molecule has 0 bridgehead atoms. The van der Waals surface area contributed by atoms with Crippen molar-refractivity contribution in [2.75, 3.05) is 12.5 Å². The number of methoxy groups -OCH3 is 1. The molecule has 0 amide bonds. The number of halogens is 1. The second kappa shape index (κ2) is 6.90. The van der Waals surface area contributed by atoms with E-state index in [0.29, 0.717) is 5.56 Å². The van der Waals surface area contributed by atoms with Crippen molar-refractivity contribution < 1.29 is 14.8 Å². The number of benzene rings is 2. The average Bonchev–Trinajstić information content (AvgIpc) is 2.50. The summed E-state index contributed by atoms with van der Waals surface area (Å²) in [6.45, 7) is 0. The van der Waals surface area contributed by atoms with Gasteiger partial charge in [0.25, 0.3) is 0 Å². The lowest BCUT2D eigenvalue weighted by Crippen LogP contribution is -1.96. The molecule has 0 saturated heterocycles. The minimum atomic E-state index is -0.683. The van der Waals surface area contributed by atoms with Crippen molar-refractivity contribution in [3.63, 3.8) is 0 Å². The van der Waals surface area contributed by atoms with Gasteiger partial charge in [0.05, 0.1) is 23.9 Å². The topological polar surface area (TPSA) is 97.0 Å². The molecule has 0 radical (unpaired) electrons. The Kier molecular flexibility index (Phi) is 4.95. The molecule has 0 saturated carbocycles. The molecule has 0 unspecified atom stereocenters. The highest BCUT2D eigenvalue weighted by Gasteiger charge is 2.19. The second-order valence-corrected chi connectivity index (χ2v) is 5.14. The summed E-state index contributed by atoms with van der Waals surface area (Å²) in [6, 6.07) is 10.0. The fourth-order valence-electron chi connectivity index (χ4n) is 1.69. The number of hydrogen-bond donors (Lipinski definition) is 2. The number of nitro groups is 1. The molecule has 2 aromatic carbocycles. The molecular weight excluding hydrogens is 354 g/mol. The molecule has 0 fully saturated rings. The predicted molar refractivity (Wildman–Crippen MR) is 86.7 cm³/mol. The number of ether oxygens (including phenoxy) is 1.